The summed E-state index contributed by atoms with van der Waals surface area (Å²) in [5.74, 6) is 1.59. The molecule has 2 atom stereocenters. The topological polar surface area (TPSA) is 102 Å². The Morgan fingerprint density at radius 1 is 1.06 bits per heavy atom. The van der Waals surface area contributed by atoms with E-state index in [1.165, 1.54) is 0 Å². The van der Waals surface area contributed by atoms with Crippen molar-refractivity contribution in [3.63, 3.8) is 0 Å². The van der Waals surface area contributed by atoms with Crippen LogP contribution in [0.4, 0.5) is 5.82 Å². The van der Waals surface area contributed by atoms with Crippen LogP contribution < -0.4 is 16.8 Å². The van der Waals surface area contributed by atoms with Crippen LogP contribution in [0.5, 0.6) is 0 Å². The predicted molar refractivity (Wildman–Crippen MR) is 130 cm³/mol. The fourth-order valence-electron chi connectivity index (χ4n) is 3.99. The fourth-order valence-corrected chi connectivity index (χ4v) is 4.12. The second-order valence-corrected chi connectivity index (χ2v) is 8.43. The summed E-state index contributed by atoms with van der Waals surface area (Å²) in [6.45, 7) is 2.07. The molecule has 5 N–H and O–H groups in total. The third-order valence-corrected chi connectivity index (χ3v) is 5.78. The standard InChI is InChI=1S/C24H27ClN6/c1-15-6-12-19-18(14-15)23(29-20-4-2-3-5-21(20)30-24(26)27)31-22(28-19)13-9-16-7-10-17(25)11-8-16/h6-14,20-21H,2-5H2,1H3,(H4,26,27,30)(H,28,29,31)/t20-,21+/m0/s1. The smallest absolute Gasteiger partial charge is 0.186 e. The number of fused-ring (bicyclic) bond motifs is 1. The summed E-state index contributed by atoms with van der Waals surface area (Å²) in [6.07, 6.45) is 8.12. The third-order valence-electron chi connectivity index (χ3n) is 5.53. The molecule has 0 radical (unpaired) electrons. The van der Waals surface area contributed by atoms with Crippen molar-refractivity contribution in [3.8, 4) is 0 Å². The summed E-state index contributed by atoms with van der Waals surface area (Å²) in [6, 6.07) is 14.0. The number of aromatic nitrogens is 2. The normalized spacial score (nSPS) is 18.9. The Morgan fingerprint density at radius 3 is 2.61 bits per heavy atom. The van der Waals surface area contributed by atoms with Gasteiger partial charge in [-0.1, -0.05) is 54.3 Å². The van der Waals surface area contributed by atoms with E-state index >= 15 is 0 Å². The number of rotatable bonds is 5. The highest BCUT2D eigenvalue weighted by molar-refractivity contribution is 6.30. The highest BCUT2D eigenvalue weighted by Gasteiger charge is 2.26. The first kappa shape index (κ1) is 21.1. The van der Waals surface area contributed by atoms with Crippen LogP contribution in [-0.4, -0.2) is 28.0 Å². The molecule has 0 bridgehead atoms. The van der Waals surface area contributed by atoms with Crippen molar-refractivity contribution in [2.45, 2.75) is 44.7 Å². The van der Waals surface area contributed by atoms with Gasteiger partial charge in [-0.25, -0.2) is 15.0 Å². The molecule has 2 aromatic carbocycles. The van der Waals surface area contributed by atoms with Crippen molar-refractivity contribution in [1.82, 2.24) is 9.97 Å². The number of hydrogen-bond acceptors (Lipinski definition) is 4. The number of hydrogen-bond donors (Lipinski definition) is 3. The van der Waals surface area contributed by atoms with Crippen LogP contribution in [0.1, 0.15) is 42.6 Å². The van der Waals surface area contributed by atoms with Gasteiger partial charge >= 0.3 is 0 Å². The number of nitrogens with one attached hydrogen (secondary N) is 1. The lowest BCUT2D eigenvalue weighted by Gasteiger charge is -2.30. The molecule has 1 aliphatic rings. The van der Waals surface area contributed by atoms with Crippen LogP contribution >= 0.6 is 11.6 Å². The first-order valence-corrected chi connectivity index (χ1v) is 10.9. The number of anilines is 1. The molecule has 160 valence electrons. The SMILES string of the molecule is Cc1ccc2nc(C=Cc3ccc(Cl)cc3)nc(N[C@H]3CCCC[C@H]3N=C(N)N)c2c1. The Hall–Kier alpha value is -3.12. The van der Waals surface area contributed by atoms with Crippen molar-refractivity contribution in [2.24, 2.45) is 16.5 Å². The van der Waals surface area contributed by atoms with Gasteiger partial charge in [0, 0.05) is 10.4 Å². The second-order valence-electron chi connectivity index (χ2n) is 7.99. The monoisotopic (exact) mass is 434 g/mol. The van der Waals surface area contributed by atoms with Crippen LogP contribution in [0.3, 0.4) is 0 Å². The molecular weight excluding hydrogens is 408 g/mol. The molecule has 1 fully saturated rings. The molecule has 31 heavy (non-hydrogen) atoms. The van der Waals surface area contributed by atoms with E-state index in [9.17, 15) is 0 Å². The van der Waals surface area contributed by atoms with E-state index in [0.29, 0.717) is 10.8 Å². The molecule has 6 nitrogen and oxygen atoms in total. The van der Waals surface area contributed by atoms with E-state index in [1.807, 2.05) is 42.5 Å². The summed E-state index contributed by atoms with van der Waals surface area (Å²) in [4.78, 5) is 14.0. The van der Waals surface area contributed by atoms with Gasteiger partial charge in [-0.2, -0.15) is 0 Å². The number of halogens is 1. The summed E-state index contributed by atoms with van der Waals surface area (Å²) in [7, 11) is 0. The molecule has 0 amide bonds. The average molecular weight is 435 g/mol. The number of aliphatic imine (C=N–C) groups is 1. The maximum absolute atomic E-state index is 5.98. The van der Waals surface area contributed by atoms with E-state index < -0.39 is 0 Å². The highest BCUT2D eigenvalue weighted by Crippen LogP contribution is 2.28. The summed E-state index contributed by atoms with van der Waals surface area (Å²) < 4.78 is 0. The van der Waals surface area contributed by atoms with E-state index in [-0.39, 0.29) is 18.0 Å². The lowest BCUT2D eigenvalue weighted by Crippen LogP contribution is -2.38. The van der Waals surface area contributed by atoms with Crippen molar-refractivity contribution >= 4 is 46.4 Å². The van der Waals surface area contributed by atoms with Crippen LogP contribution in [-0.2, 0) is 0 Å². The largest absolute Gasteiger partial charge is 0.370 e. The van der Waals surface area contributed by atoms with E-state index in [4.69, 9.17) is 33.0 Å². The zero-order valence-electron chi connectivity index (χ0n) is 17.6. The van der Waals surface area contributed by atoms with E-state index in [2.05, 4.69) is 29.4 Å². The molecule has 4 rings (SSSR count). The Morgan fingerprint density at radius 2 is 1.84 bits per heavy atom. The lowest BCUT2D eigenvalue weighted by molar-refractivity contribution is 0.405. The zero-order chi connectivity index (χ0) is 21.8. The summed E-state index contributed by atoms with van der Waals surface area (Å²) in [5.41, 5.74) is 14.4. The van der Waals surface area contributed by atoms with Crippen molar-refractivity contribution < 1.29 is 0 Å². The van der Waals surface area contributed by atoms with Gasteiger partial charge in [0.2, 0.25) is 0 Å². The number of benzene rings is 2. The van der Waals surface area contributed by atoms with Crippen LogP contribution in [0.25, 0.3) is 23.1 Å². The highest BCUT2D eigenvalue weighted by atomic mass is 35.5. The van der Waals surface area contributed by atoms with E-state index in [1.54, 1.807) is 0 Å². The lowest BCUT2D eigenvalue weighted by atomic mass is 9.90. The predicted octanol–water partition coefficient (Wildman–Crippen LogP) is 4.76. The molecule has 1 aromatic heterocycles. The first-order valence-electron chi connectivity index (χ1n) is 10.6. The number of nitrogens with two attached hydrogens (primary N) is 2. The van der Waals surface area contributed by atoms with Gasteiger partial charge in [-0.15, -0.1) is 0 Å². The van der Waals surface area contributed by atoms with Gasteiger partial charge in [-0.05, 0) is 55.7 Å². The van der Waals surface area contributed by atoms with Crippen LogP contribution in [0.2, 0.25) is 5.02 Å². The Bertz CT molecular complexity index is 1120. The maximum Gasteiger partial charge on any atom is 0.186 e. The molecule has 1 saturated carbocycles. The third kappa shape index (κ3) is 5.33. The minimum atomic E-state index is 0.0432. The molecular formula is C24H27ClN6. The van der Waals surface area contributed by atoms with Gasteiger partial charge < -0.3 is 16.8 Å². The minimum Gasteiger partial charge on any atom is -0.370 e. The van der Waals surface area contributed by atoms with Crippen LogP contribution in [0, 0.1) is 6.92 Å². The molecule has 0 saturated heterocycles. The minimum absolute atomic E-state index is 0.0432. The van der Waals surface area contributed by atoms with Gasteiger partial charge in [0.25, 0.3) is 0 Å². The molecule has 0 aliphatic heterocycles. The molecule has 0 spiro atoms. The second kappa shape index (κ2) is 9.35. The summed E-state index contributed by atoms with van der Waals surface area (Å²) in [5, 5.41) is 5.34. The zero-order valence-corrected chi connectivity index (χ0v) is 18.3. The quantitative estimate of drug-likeness (QED) is 0.397. The van der Waals surface area contributed by atoms with Gasteiger partial charge in [-0.3, -0.25) is 0 Å². The number of aryl methyl sites for hydroxylation is 1. The first-order chi connectivity index (χ1) is 15.0. The molecule has 1 aliphatic carbocycles. The van der Waals surface area contributed by atoms with Crippen LogP contribution in [0.15, 0.2) is 47.5 Å². The maximum atomic E-state index is 5.98. The van der Waals surface area contributed by atoms with Gasteiger partial charge in [0.15, 0.2) is 11.8 Å². The van der Waals surface area contributed by atoms with Crippen molar-refractivity contribution in [3.05, 3.63) is 64.4 Å². The fraction of sp³-hybridized carbons (Fsp3) is 0.292. The molecule has 1 heterocycles. The number of guanidine groups is 1. The number of nitrogens with zero attached hydrogens (tertiary/aromatic N) is 3. The Balaban J connectivity index is 1.69. The van der Waals surface area contributed by atoms with Gasteiger partial charge in [0.05, 0.1) is 17.6 Å². The Labute approximate surface area is 187 Å². The van der Waals surface area contributed by atoms with Gasteiger partial charge in [0.1, 0.15) is 5.82 Å². The van der Waals surface area contributed by atoms with Crippen molar-refractivity contribution in [2.75, 3.05) is 5.32 Å². The molecule has 3 aromatic rings. The average Bonchev–Trinajstić information content (AvgIpc) is 2.75. The molecule has 0 unspecified atom stereocenters. The summed E-state index contributed by atoms with van der Waals surface area (Å²) >= 11 is 5.98. The van der Waals surface area contributed by atoms with E-state index in [0.717, 1.165) is 53.5 Å². The van der Waals surface area contributed by atoms with Crippen molar-refractivity contribution in [1.29, 1.82) is 0 Å². The Kier molecular flexibility index (Phi) is 6.37. The molecule has 7 heteroatoms.